The van der Waals surface area contributed by atoms with E-state index in [2.05, 4.69) is 0 Å². The van der Waals surface area contributed by atoms with Crippen molar-refractivity contribution in [3.05, 3.63) is 0 Å². The van der Waals surface area contributed by atoms with Gasteiger partial charge in [-0.25, -0.2) is 0 Å². The lowest BCUT2D eigenvalue weighted by Crippen LogP contribution is -2.29. The van der Waals surface area contributed by atoms with Crippen LogP contribution in [0.1, 0.15) is 39.0 Å². The lowest BCUT2D eigenvalue weighted by Gasteiger charge is -2.31. The molecule has 3 atom stereocenters. The molecule has 12 heavy (non-hydrogen) atoms. The van der Waals surface area contributed by atoms with Crippen LogP contribution in [0.25, 0.3) is 0 Å². The van der Waals surface area contributed by atoms with Gasteiger partial charge in [-0.2, -0.15) is 0 Å². The van der Waals surface area contributed by atoms with Crippen LogP contribution in [0, 0.1) is 5.92 Å². The van der Waals surface area contributed by atoms with Crippen molar-refractivity contribution < 1.29 is 9.84 Å². The molecule has 0 aromatic carbocycles. The molecule has 0 amide bonds. The number of methoxy groups -OCH3 is 1. The second-order valence-corrected chi connectivity index (χ2v) is 3.90. The molecule has 1 aliphatic carbocycles. The molecule has 0 aliphatic heterocycles. The molecule has 0 heterocycles. The fourth-order valence-electron chi connectivity index (χ4n) is 2.19. The van der Waals surface area contributed by atoms with Gasteiger partial charge in [0, 0.05) is 7.11 Å². The standard InChI is InChI=1S/C10H20O2/c1-8(11)7-9-5-3-4-6-10(9)12-2/h8-11H,3-7H2,1-2H3/t8?,9-,10+/m1/s1. The molecule has 0 aromatic heterocycles. The molecule has 1 N–H and O–H groups in total. The van der Waals surface area contributed by atoms with E-state index in [0.29, 0.717) is 12.0 Å². The van der Waals surface area contributed by atoms with E-state index in [-0.39, 0.29) is 6.10 Å². The first-order chi connectivity index (χ1) is 5.74. The molecule has 0 spiro atoms. The number of hydrogen-bond acceptors (Lipinski definition) is 2. The fourth-order valence-corrected chi connectivity index (χ4v) is 2.19. The molecule has 72 valence electrons. The molecular weight excluding hydrogens is 152 g/mol. The first kappa shape index (κ1) is 10.0. The van der Waals surface area contributed by atoms with Gasteiger partial charge in [-0.15, -0.1) is 0 Å². The Balaban J connectivity index is 2.36. The molecule has 1 saturated carbocycles. The molecule has 2 nitrogen and oxygen atoms in total. The van der Waals surface area contributed by atoms with E-state index >= 15 is 0 Å². The lowest BCUT2D eigenvalue weighted by atomic mass is 9.83. The number of aliphatic hydroxyl groups excluding tert-OH is 1. The SMILES string of the molecule is CO[C@H]1CCCC[C@@H]1CC(C)O. The zero-order chi connectivity index (χ0) is 8.97. The predicted molar refractivity (Wildman–Crippen MR) is 49.1 cm³/mol. The smallest absolute Gasteiger partial charge is 0.0600 e. The Bertz CT molecular complexity index is 123. The van der Waals surface area contributed by atoms with Crippen LogP contribution in [0.4, 0.5) is 0 Å². The summed E-state index contributed by atoms with van der Waals surface area (Å²) in [7, 11) is 1.78. The van der Waals surface area contributed by atoms with Crippen LogP contribution in [0.3, 0.4) is 0 Å². The van der Waals surface area contributed by atoms with Crippen LogP contribution in [-0.2, 0) is 4.74 Å². The van der Waals surface area contributed by atoms with E-state index in [1.165, 1.54) is 25.7 Å². The Morgan fingerprint density at radius 1 is 1.42 bits per heavy atom. The summed E-state index contributed by atoms with van der Waals surface area (Å²) in [4.78, 5) is 0. The lowest BCUT2D eigenvalue weighted by molar-refractivity contribution is 0.00360. The summed E-state index contributed by atoms with van der Waals surface area (Å²) < 4.78 is 5.39. The van der Waals surface area contributed by atoms with E-state index < -0.39 is 0 Å². The summed E-state index contributed by atoms with van der Waals surface area (Å²) in [6, 6.07) is 0. The van der Waals surface area contributed by atoms with E-state index in [1.807, 2.05) is 6.92 Å². The van der Waals surface area contributed by atoms with Crippen LogP contribution in [0.5, 0.6) is 0 Å². The Labute approximate surface area is 74.9 Å². The molecule has 1 fully saturated rings. The van der Waals surface area contributed by atoms with E-state index in [0.717, 1.165) is 6.42 Å². The van der Waals surface area contributed by atoms with Gasteiger partial charge in [-0.05, 0) is 32.1 Å². The Morgan fingerprint density at radius 2 is 2.08 bits per heavy atom. The highest BCUT2D eigenvalue weighted by molar-refractivity contribution is 4.76. The summed E-state index contributed by atoms with van der Waals surface area (Å²) in [5.41, 5.74) is 0. The van der Waals surface area contributed by atoms with Crippen molar-refractivity contribution >= 4 is 0 Å². The Kier molecular flexibility index (Phi) is 4.02. The molecule has 0 radical (unpaired) electrons. The van der Waals surface area contributed by atoms with Crippen molar-refractivity contribution in [1.29, 1.82) is 0 Å². The predicted octanol–water partition coefficient (Wildman–Crippen LogP) is 1.96. The summed E-state index contributed by atoms with van der Waals surface area (Å²) in [5.74, 6) is 0.587. The third kappa shape index (κ3) is 2.76. The van der Waals surface area contributed by atoms with Crippen LogP contribution >= 0.6 is 0 Å². The van der Waals surface area contributed by atoms with Crippen molar-refractivity contribution in [1.82, 2.24) is 0 Å². The van der Waals surface area contributed by atoms with Gasteiger partial charge in [0.1, 0.15) is 0 Å². The minimum absolute atomic E-state index is 0.175. The summed E-state index contributed by atoms with van der Waals surface area (Å²) in [6.45, 7) is 1.86. The normalized spacial score (nSPS) is 33.2. The van der Waals surface area contributed by atoms with Gasteiger partial charge in [0.25, 0.3) is 0 Å². The molecule has 0 saturated heterocycles. The van der Waals surface area contributed by atoms with Crippen LogP contribution in [0.15, 0.2) is 0 Å². The zero-order valence-electron chi connectivity index (χ0n) is 8.12. The van der Waals surface area contributed by atoms with Crippen LogP contribution < -0.4 is 0 Å². The van der Waals surface area contributed by atoms with Crippen molar-refractivity contribution in [2.75, 3.05) is 7.11 Å². The molecular formula is C10H20O2. The topological polar surface area (TPSA) is 29.5 Å². The monoisotopic (exact) mass is 172 g/mol. The van der Waals surface area contributed by atoms with Gasteiger partial charge in [0.05, 0.1) is 12.2 Å². The number of hydrogen-bond donors (Lipinski definition) is 1. The number of aliphatic hydroxyl groups is 1. The minimum Gasteiger partial charge on any atom is -0.393 e. The maximum atomic E-state index is 9.26. The highest BCUT2D eigenvalue weighted by Gasteiger charge is 2.25. The van der Waals surface area contributed by atoms with Crippen molar-refractivity contribution in [2.45, 2.75) is 51.2 Å². The van der Waals surface area contributed by atoms with Gasteiger partial charge < -0.3 is 9.84 Å². The Morgan fingerprint density at radius 3 is 2.67 bits per heavy atom. The van der Waals surface area contributed by atoms with Crippen molar-refractivity contribution in [3.63, 3.8) is 0 Å². The van der Waals surface area contributed by atoms with Gasteiger partial charge in [-0.1, -0.05) is 12.8 Å². The first-order valence-electron chi connectivity index (χ1n) is 4.95. The average Bonchev–Trinajstić information content (AvgIpc) is 2.04. The quantitative estimate of drug-likeness (QED) is 0.705. The van der Waals surface area contributed by atoms with E-state index in [1.54, 1.807) is 7.11 Å². The maximum Gasteiger partial charge on any atom is 0.0600 e. The fraction of sp³-hybridized carbons (Fsp3) is 1.00. The van der Waals surface area contributed by atoms with Gasteiger partial charge in [0.15, 0.2) is 0 Å². The maximum absolute atomic E-state index is 9.26. The van der Waals surface area contributed by atoms with Gasteiger partial charge in [0.2, 0.25) is 0 Å². The van der Waals surface area contributed by atoms with Crippen molar-refractivity contribution in [3.8, 4) is 0 Å². The molecule has 0 aromatic rings. The molecule has 1 aliphatic rings. The summed E-state index contributed by atoms with van der Waals surface area (Å²) in [6.07, 6.45) is 6.11. The highest BCUT2D eigenvalue weighted by Crippen LogP contribution is 2.29. The second-order valence-electron chi connectivity index (χ2n) is 3.90. The van der Waals surface area contributed by atoms with E-state index in [9.17, 15) is 5.11 Å². The largest absolute Gasteiger partial charge is 0.393 e. The van der Waals surface area contributed by atoms with Gasteiger partial charge >= 0.3 is 0 Å². The van der Waals surface area contributed by atoms with E-state index in [4.69, 9.17) is 4.74 Å². The number of rotatable bonds is 3. The number of ether oxygens (including phenoxy) is 1. The van der Waals surface area contributed by atoms with Gasteiger partial charge in [-0.3, -0.25) is 0 Å². The van der Waals surface area contributed by atoms with Crippen LogP contribution in [0.2, 0.25) is 0 Å². The summed E-state index contributed by atoms with van der Waals surface area (Å²) >= 11 is 0. The molecule has 1 rings (SSSR count). The second kappa shape index (κ2) is 4.83. The molecule has 0 bridgehead atoms. The van der Waals surface area contributed by atoms with Crippen LogP contribution in [-0.4, -0.2) is 24.4 Å². The zero-order valence-corrected chi connectivity index (χ0v) is 8.12. The minimum atomic E-state index is -0.175. The first-order valence-corrected chi connectivity index (χ1v) is 4.95. The third-order valence-corrected chi connectivity index (χ3v) is 2.79. The van der Waals surface area contributed by atoms with Crippen molar-refractivity contribution in [2.24, 2.45) is 5.92 Å². The Hall–Kier alpha value is -0.0800. The summed E-state index contributed by atoms with van der Waals surface area (Å²) in [5, 5.41) is 9.26. The molecule has 2 heteroatoms. The molecule has 1 unspecified atom stereocenters. The average molecular weight is 172 g/mol. The third-order valence-electron chi connectivity index (χ3n) is 2.79. The highest BCUT2D eigenvalue weighted by atomic mass is 16.5.